The lowest BCUT2D eigenvalue weighted by molar-refractivity contribution is -0.384. The Morgan fingerprint density at radius 2 is 2.05 bits per heavy atom. The van der Waals surface area contributed by atoms with E-state index in [0.717, 1.165) is 18.9 Å². The van der Waals surface area contributed by atoms with E-state index in [-0.39, 0.29) is 16.6 Å². The van der Waals surface area contributed by atoms with E-state index in [0.29, 0.717) is 17.8 Å². The third-order valence-electron chi connectivity index (χ3n) is 3.05. The first-order chi connectivity index (χ1) is 9.35. The summed E-state index contributed by atoms with van der Waals surface area (Å²) in [5.41, 5.74) is 0.591. The number of rotatable bonds is 6. The zero-order chi connectivity index (χ0) is 14.9. The van der Waals surface area contributed by atoms with E-state index in [9.17, 15) is 18.5 Å². The predicted octanol–water partition coefficient (Wildman–Crippen LogP) is 1.78. The average Bonchev–Trinajstić information content (AvgIpc) is 3.11. The Morgan fingerprint density at radius 3 is 2.55 bits per heavy atom. The standard InChI is InChI=1S/C12H17N3O4S/c1-3-13-10-6-8(2)12(7-11(10)15(16)17)20(18,19)14-9-4-5-9/h6-7,9,13-14H,3-5H2,1-2H3. The Labute approximate surface area is 117 Å². The van der Waals surface area contributed by atoms with Crippen LogP contribution in [0.25, 0.3) is 0 Å². The van der Waals surface area contributed by atoms with Crippen molar-refractivity contribution in [2.75, 3.05) is 11.9 Å². The third-order valence-corrected chi connectivity index (χ3v) is 4.71. The highest BCUT2D eigenvalue weighted by Gasteiger charge is 2.30. The maximum Gasteiger partial charge on any atom is 0.293 e. The molecule has 0 saturated heterocycles. The Morgan fingerprint density at radius 1 is 1.40 bits per heavy atom. The molecule has 20 heavy (non-hydrogen) atoms. The second kappa shape index (κ2) is 5.37. The van der Waals surface area contributed by atoms with Crippen molar-refractivity contribution in [1.82, 2.24) is 4.72 Å². The van der Waals surface area contributed by atoms with Gasteiger partial charge in [0, 0.05) is 18.7 Å². The zero-order valence-corrected chi connectivity index (χ0v) is 12.2. The number of anilines is 1. The number of aryl methyl sites for hydroxylation is 1. The SMILES string of the molecule is CCNc1cc(C)c(S(=O)(=O)NC2CC2)cc1[N+](=O)[O-]. The Bertz CT molecular complexity index is 638. The summed E-state index contributed by atoms with van der Waals surface area (Å²) in [5, 5.41) is 13.9. The molecule has 0 atom stereocenters. The summed E-state index contributed by atoms with van der Waals surface area (Å²) in [7, 11) is -3.70. The molecule has 0 unspecified atom stereocenters. The molecular weight excluding hydrogens is 282 g/mol. The lowest BCUT2D eigenvalue weighted by Crippen LogP contribution is -2.26. The van der Waals surface area contributed by atoms with Crippen molar-refractivity contribution >= 4 is 21.4 Å². The first-order valence-electron chi connectivity index (χ1n) is 6.40. The summed E-state index contributed by atoms with van der Waals surface area (Å²) >= 11 is 0. The van der Waals surface area contributed by atoms with Crippen molar-refractivity contribution in [3.05, 3.63) is 27.8 Å². The molecule has 7 nitrogen and oxygen atoms in total. The molecule has 0 bridgehead atoms. The highest BCUT2D eigenvalue weighted by Crippen LogP contribution is 2.31. The van der Waals surface area contributed by atoms with E-state index in [2.05, 4.69) is 10.0 Å². The van der Waals surface area contributed by atoms with Crippen LogP contribution in [0.4, 0.5) is 11.4 Å². The van der Waals surface area contributed by atoms with Gasteiger partial charge in [-0.15, -0.1) is 0 Å². The molecule has 1 aromatic rings. The molecule has 0 aliphatic heterocycles. The average molecular weight is 299 g/mol. The number of sulfonamides is 1. The van der Waals surface area contributed by atoms with Gasteiger partial charge in [0.25, 0.3) is 5.69 Å². The van der Waals surface area contributed by atoms with Gasteiger partial charge in [-0.05, 0) is 38.3 Å². The molecule has 0 heterocycles. The first-order valence-corrected chi connectivity index (χ1v) is 7.88. The van der Waals surface area contributed by atoms with Crippen LogP contribution in [0.5, 0.6) is 0 Å². The van der Waals surface area contributed by atoms with Crippen LogP contribution in [0.3, 0.4) is 0 Å². The van der Waals surface area contributed by atoms with Gasteiger partial charge in [-0.2, -0.15) is 0 Å². The fourth-order valence-electron chi connectivity index (χ4n) is 1.93. The molecule has 2 N–H and O–H groups in total. The van der Waals surface area contributed by atoms with Crippen molar-refractivity contribution in [3.8, 4) is 0 Å². The van der Waals surface area contributed by atoms with Crippen molar-refractivity contribution in [2.45, 2.75) is 37.6 Å². The summed E-state index contributed by atoms with van der Waals surface area (Å²) in [6, 6.07) is 2.59. The van der Waals surface area contributed by atoms with Crippen LogP contribution in [0.2, 0.25) is 0 Å². The van der Waals surface area contributed by atoms with Crippen LogP contribution in [0, 0.1) is 17.0 Å². The molecule has 0 amide bonds. The predicted molar refractivity (Wildman–Crippen MR) is 75.3 cm³/mol. The fourth-order valence-corrected chi connectivity index (χ4v) is 3.49. The van der Waals surface area contributed by atoms with Crippen LogP contribution >= 0.6 is 0 Å². The molecule has 8 heteroatoms. The van der Waals surface area contributed by atoms with E-state index in [1.165, 1.54) is 6.07 Å². The first kappa shape index (κ1) is 14.7. The van der Waals surface area contributed by atoms with E-state index < -0.39 is 14.9 Å². The lowest BCUT2D eigenvalue weighted by atomic mass is 10.2. The molecule has 1 saturated carbocycles. The molecule has 1 aliphatic carbocycles. The van der Waals surface area contributed by atoms with Crippen LogP contribution in [-0.2, 0) is 10.0 Å². The highest BCUT2D eigenvalue weighted by molar-refractivity contribution is 7.89. The van der Waals surface area contributed by atoms with Crippen LogP contribution < -0.4 is 10.0 Å². The molecule has 2 rings (SSSR count). The zero-order valence-electron chi connectivity index (χ0n) is 11.3. The Kier molecular flexibility index (Phi) is 3.96. The smallest absolute Gasteiger partial charge is 0.293 e. The molecule has 110 valence electrons. The monoisotopic (exact) mass is 299 g/mol. The largest absolute Gasteiger partial charge is 0.380 e. The lowest BCUT2D eigenvalue weighted by Gasteiger charge is -2.11. The molecule has 1 aromatic carbocycles. The molecule has 1 fully saturated rings. The maximum atomic E-state index is 12.2. The minimum Gasteiger partial charge on any atom is -0.380 e. The van der Waals surface area contributed by atoms with Crippen molar-refractivity contribution in [2.24, 2.45) is 0 Å². The van der Waals surface area contributed by atoms with Crippen LogP contribution in [-0.4, -0.2) is 25.9 Å². The summed E-state index contributed by atoms with van der Waals surface area (Å²) in [4.78, 5) is 10.5. The summed E-state index contributed by atoms with van der Waals surface area (Å²) in [6.45, 7) is 3.97. The van der Waals surface area contributed by atoms with Gasteiger partial charge in [0.15, 0.2) is 0 Å². The number of hydrogen-bond acceptors (Lipinski definition) is 5. The van der Waals surface area contributed by atoms with Gasteiger partial charge >= 0.3 is 0 Å². The minimum absolute atomic E-state index is 0.0299. The minimum atomic E-state index is -3.70. The molecule has 0 radical (unpaired) electrons. The van der Waals surface area contributed by atoms with E-state index in [1.807, 2.05) is 6.92 Å². The van der Waals surface area contributed by atoms with Gasteiger partial charge in [0.05, 0.1) is 9.82 Å². The topological polar surface area (TPSA) is 101 Å². The number of nitro benzene ring substituents is 1. The summed E-state index contributed by atoms with van der Waals surface area (Å²) < 4.78 is 26.9. The molecular formula is C12H17N3O4S. The quantitative estimate of drug-likeness (QED) is 0.616. The van der Waals surface area contributed by atoms with E-state index in [4.69, 9.17) is 0 Å². The van der Waals surface area contributed by atoms with Gasteiger partial charge in [0.2, 0.25) is 10.0 Å². The number of nitrogens with zero attached hydrogens (tertiary/aromatic N) is 1. The van der Waals surface area contributed by atoms with E-state index in [1.54, 1.807) is 6.92 Å². The molecule has 1 aliphatic rings. The van der Waals surface area contributed by atoms with Gasteiger partial charge in [-0.1, -0.05) is 0 Å². The third kappa shape index (κ3) is 3.07. The second-order valence-electron chi connectivity index (χ2n) is 4.82. The normalized spacial score (nSPS) is 15.1. The number of nitro groups is 1. The molecule has 0 aromatic heterocycles. The number of nitrogens with one attached hydrogen (secondary N) is 2. The van der Waals surface area contributed by atoms with E-state index >= 15 is 0 Å². The summed E-state index contributed by atoms with van der Waals surface area (Å²) in [6.07, 6.45) is 1.63. The van der Waals surface area contributed by atoms with Crippen molar-refractivity contribution < 1.29 is 13.3 Å². The van der Waals surface area contributed by atoms with Gasteiger partial charge in [-0.3, -0.25) is 10.1 Å². The maximum absolute atomic E-state index is 12.2. The Hall–Kier alpha value is -1.67. The highest BCUT2D eigenvalue weighted by atomic mass is 32.2. The number of benzene rings is 1. The fraction of sp³-hybridized carbons (Fsp3) is 0.500. The van der Waals surface area contributed by atoms with Crippen molar-refractivity contribution in [3.63, 3.8) is 0 Å². The molecule has 0 spiro atoms. The van der Waals surface area contributed by atoms with Gasteiger partial charge in [-0.25, -0.2) is 13.1 Å². The second-order valence-corrected chi connectivity index (χ2v) is 6.50. The van der Waals surface area contributed by atoms with Crippen molar-refractivity contribution in [1.29, 1.82) is 0 Å². The van der Waals surface area contributed by atoms with Gasteiger partial charge in [0.1, 0.15) is 5.69 Å². The number of hydrogen-bond donors (Lipinski definition) is 2. The van der Waals surface area contributed by atoms with Gasteiger partial charge < -0.3 is 5.32 Å². The van der Waals surface area contributed by atoms with Crippen LogP contribution in [0.1, 0.15) is 25.3 Å². The Balaban J connectivity index is 2.48. The summed E-state index contributed by atoms with van der Waals surface area (Å²) in [5.74, 6) is 0. The van der Waals surface area contributed by atoms with Crippen LogP contribution in [0.15, 0.2) is 17.0 Å².